The Morgan fingerprint density at radius 2 is 2.08 bits per heavy atom. The number of hydrogen-bond acceptors (Lipinski definition) is 5. The summed E-state index contributed by atoms with van der Waals surface area (Å²) in [5.41, 5.74) is 0. The van der Waals surface area contributed by atoms with E-state index in [4.69, 9.17) is 9.47 Å². The molecule has 0 radical (unpaired) electrons. The zero-order valence-corrected chi connectivity index (χ0v) is 7.69. The molecule has 0 spiro atoms. The second kappa shape index (κ2) is 4.43. The van der Waals surface area contributed by atoms with Crippen LogP contribution in [-0.2, 0) is 9.47 Å². The summed E-state index contributed by atoms with van der Waals surface area (Å²) < 4.78 is 10.2. The summed E-state index contributed by atoms with van der Waals surface area (Å²) in [6, 6.07) is 0. The fourth-order valence-corrected chi connectivity index (χ4v) is 1.46. The van der Waals surface area contributed by atoms with Gasteiger partial charge in [0, 0.05) is 19.6 Å². The highest BCUT2D eigenvalue weighted by Crippen LogP contribution is 2.00. The highest BCUT2D eigenvalue weighted by Gasteiger charge is 2.12. The molecule has 0 aromatic rings. The van der Waals surface area contributed by atoms with Gasteiger partial charge in [-0.1, -0.05) is 0 Å². The highest BCUT2D eigenvalue weighted by molar-refractivity contribution is 5.47. The van der Waals surface area contributed by atoms with Crippen LogP contribution in [0.4, 0.5) is 0 Å². The first kappa shape index (κ1) is 8.77. The molecule has 13 heavy (non-hydrogen) atoms. The average molecular weight is 185 g/mol. The first-order valence-corrected chi connectivity index (χ1v) is 4.64. The van der Waals surface area contributed by atoms with Crippen LogP contribution in [-0.4, -0.2) is 62.4 Å². The molecule has 0 atom stereocenters. The van der Waals surface area contributed by atoms with Crippen molar-refractivity contribution in [2.45, 2.75) is 0 Å². The van der Waals surface area contributed by atoms with Crippen LogP contribution >= 0.6 is 0 Å². The zero-order chi connectivity index (χ0) is 8.93. The molecule has 2 heterocycles. The van der Waals surface area contributed by atoms with Gasteiger partial charge in [0.15, 0.2) is 13.1 Å². The number of nitrogens with zero attached hydrogens (tertiary/aromatic N) is 3. The Kier molecular flexibility index (Phi) is 2.99. The van der Waals surface area contributed by atoms with E-state index in [1.165, 1.54) is 6.40 Å². The highest BCUT2D eigenvalue weighted by atomic mass is 16.5. The fraction of sp³-hybridized carbons (Fsp3) is 0.875. The van der Waals surface area contributed by atoms with Crippen molar-refractivity contribution in [1.82, 2.24) is 9.91 Å². The summed E-state index contributed by atoms with van der Waals surface area (Å²) in [6.45, 7) is 6.39. The first-order valence-electron chi connectivity index (χ1n) is 4.64. The van der Waals surface area contributed by atoms with Gasteiger partial charge in [0.25, 0.3) is 0 Å². The molecule has 0 bridgehead atoms. The molecule has 1 saturated heterocycles. The lowest BCUT2D eigenvalue weighted by Gasteiger charge is -2.27. The molecule has 2 rings (SSSR count). The second-order valence-electron chi connectivity index (χ2n) is 3.20. The number of rotatable bonds is 3. The number of hydrogen-bond donors (Lipinski definition) is 0. The summed E-state index contributed by atoms with van der Waals surface area (Å²) >= 11 is 0. The monoisotopic (exact) mass is 185 g/mol. The molecule has 5 nitrogen and oxygen atoms in total. The summed E-state index contributed by atoms with van der Waals surface area (Å²) in [7, 11) is 0. The SMILES string of the molecule is C1=NN(CCN2CCOCC2)CO1. The first-order chi connectivity index (χ1) is 6.45. The summed E-state index contributed by atoms with van der Waals surface area (Å²) in [5, 5.41) is 5.97. The fourth-order valence-electron chi connectivity index (χ4n) is 1.46. The van der Waals surface area contributed by atoms with Crippen molar-refractivity contribution in [2.24, 2.45) is 5.10 Å². The van der Waals surface area contributed by atoms with Crippen molar-refractivity contribution in [3.8, 4) is 0 Å². The minimum Gasteiger partial charge on any atom is -0.460 e. The van der Waals surface area contributed by atoms with E-state index in [2.05, 4.69) is 10.0 Å². The Bertz CT molecular complexity index is 180. The van der Waals surface area contributed by atoms with Crippen molar-refractivity contribution < 1.29 is 9.47 Å². The Morgan fingerprint density at radius 3 is 2.77 bits per heavy atom. The summed E-state index contributed by atoms with van der Waals surface area (Å²) in [4.78, 5) is 2.39. The normalized spacial score (nSPS) is 23.5. The second-order valence-corrected chi connectivity index (χ2v) is 3.20. The van der Waals surface area contributed by atoms with Crippen LogP contribution in [0.1, 0.15) is 0 Å². The lowest BCUT2D eigenvalue weighted by atomic mass is 10.4. The molecule has 0 saturated carbocycles. The van der Waals surface area contributed by atoms with Gasteiger partial charge in [-0.05, 0) is 0 Å². The van der Waals surface area contributed by atoms with E-state index in [1.807, 2.05) is 5.01 Å². The Hall–Kier alpha value is -0.810. The van der Waals surface area contributed by atoms with E-state index in [0.29, 0.717) is 6.73 Å². The standard InChI is InChI=1S/C8H15N3O2/c1(2-11-8-13-7-9-11)10-3-5-12-6-4-10/h7H,1-6,8H2. The largest absolute Gasteiger partial charge is 0.460 e. The molecule has 0 aromatic carbocycles. The quantitative estimate of drug-likeness (QED) is 0.597. The molecule has 5 heteroatoms. The van der Waals surface area contributed by atoms with Gasteiger partial charge in [-0.25, -0.2) is 0 Å². The summed E-state index contributed by atoms with van der Waals surface area (Å²) in [6.07, 6.45) is 1.50. The van der Waals surface area contributed by atoms with Gasteiger partial charge >= 0.3 is 0 Å². The number of hydrazone groups is 1. The minimum atomic E-state index is 0.602. The third kappa shape index (κ3) is 2.57. The van der Waals surface area contributed by atoms with Gasteiger partial charge in [0.05, 0.1) is 19.8 Å². The van der Waals surface area contributed by atoms with E-state index in [9.17, 15) is 0 Å². The minimum absolute atomic E-state index is 0.602. The van der Waals surface area contributed by atoms with Crippen LogP contribution in [0.15, 0.2) is 5.10 Å². The average Bonchev–Trinajstić information content (AvgIpc) is 2.69. The molecule has 0 aromatic heterocycles. The third-order valence-corrected chi connectivity index (χ3v) is 2.29. The van der Waals surface area contributed by atoms with Gasteiger partial charge in [0.1, 0.15) is 0 Å². The van der Waals surface area contributed by atoms with Crippen LogP contribution in [0, 0.1) is 0 Å². The van der Waals surface area contributed by atoms with Crippen molar-refractivity contribution in [1.29, 1.82) is 0 Å². The molecule has 0 N–H and O–H groups in total. The van der Waals surface area contributed by atoms with Gasteiger partial charge in [-0.2, -0.15) is 0 Å². The van der Waals surface area contributed by atoms with Gasteiger partial charge in [-0.3, -0.25) is 9.91 Å². The Balaban J connectivity index is 1.63. The maximum Gasteiger partial charge on any atom is 0.195 e. The Labute approximate surface area is 77.9 Å². The Morgan fingerprint density at radius 1 is 1.23 bits per heavy atom. The number of morpholine rings is 1. The topological polar surface area (TPSA) is 37.3 Å². The van der Waals surface area contributed by atoms with Gasteiger partial charge in [0.2, 0.25) is 0 Å². The van der Waals surface area contributed by atoms with E-state index >= 15 is 0 Å². The summed E-state index contributed by atoms with van der Waals surface area (Å²) in [5.74, 6) is 0. The predicted octanol–water partition coefficient (Wildman–Crippen LogP) is -0.448. The molecule has 0 amide bonds. The van der Waals surface area contributed by atoms with E-state index in [-0.39, 0.29) is 0 Å². The van der Waals surface area contributed by atoms with E-state index < -0.39 is 0 Å². The van der Waals surface area contributed by atoms with Crippen LogP contribution in [0.3, 0.4) is 0 Å². The smallest absolute Gasteiger partial charge is 0.195 e. The number of ether oxygens (including phenoxy) is 2. The van der Waals surface area contributed by atoms with Crippen LogP contribution < -0.4 is 0 Å². The van der Waals surface area contributed by atoms with Crippen molar-refractivity contribution in [3.63, 3.8) is 0 Å². The molecule has 2 aliphatic rings. The molecular formula is C8H15N3O2. The van der Waals surface area contributed by atoms with Crippen molar-refractivity contribution >= 4 is 6.40 Å². The van der Waals surface area contributed by atoms with Crippen molar-refractivity contribution in [3.05, 3.63) is 0 Å². The van der Waals surface area contributed by atoms with Crippen LogP contribution in [0.5, 0.6) is 0 Å². The lowest BCUT2D eigenvalue weighted by Crippen LogP contribution is -2.40. The van der Waals surface area contributed by atoms with Gasteiger partial charge < -0.3 is 9.47 Å². The molecular weight excluding hydrogens is 170 g/mol. The maximum atomic E-state index is 5.26. The van der Waals surface area contributed by atoms with Crippen LogP contribution in [0.2, 0.25) is 0 Å². The maximum absolute atomic E-state index is 5.26. The molecule has 0 unspecified atom stereocenters. The van der Waals surface area contributed by atoms with E-state index in [1.54, 1.807) is 0 Å². The predicted molar refractivity (Wildman–Crippen MR) is 48.4 cm³/mol. The lowest BCUT2D eigenvalue weighted by molar-refractivity contribution is 0.0311. The van der Waals surface area contributed by atoms with Gasteiger partial charge in [-0.15, -0.1) is 5.10 Å². The van der Waals surface area contributed by atoms with Crippen molar-refractivity contribution in [2.75, 3.05) is 46.1 Å². The third-order valence-electron chi connectivity index (χ3n) is 2.29. The van der Waals surface area contributed by atoms with Crippen LogP contribution in [0.25, 0.3) is 0 Å². The zero-order valence-electron chi connectivity index (χ0n) is 7.69. The molecule has 74 valence electrons. The van der Waals surface area contributed by atoms with E-state index in [0.717, 1.165) is 39.4 Å². The molecule has 2 aliphatic heterocycles. The molecule has 1 fully saturated rings. The molecule has 0 aliphatic carbocycles.